The minimum atomic E-state index is -0.883. The van der Waals surface area contributed by atoms with Crippen LogP contribution in [0.2, 0.25) is 0 Å². The third kappa shape index (κ3) is 5.89. The Hall–Kier alpha value is -2.59. The maximum absolute atomic E-state index is 10.4. The summed E-state index contributed by atoms with van der Waals surface area (Å²) >= 11 is 3.27. The van der Waals surface area contributed by atoms with E-state index in [9.17, 15) is 4.79 Å². The molecule has 0 heterocycles. The topological polar surface area (TPSA) is 49.3 Å². The van der Waals surface area contributed by atoms with Gasteiger partial charge in [0.1, 0.15) is 0 Å². The van der Waals surface area contributed by atoms with E-state index in [2.05, 4.69) is 21.2 Å². The number of hydrogen-bond acceptors (Lipinski definition) is 2. The van der Waals surface area contributed by atoms with Crippen LogP contribution >= 0.6 is 15.9 Å². The Bertz CT molecular complexity index is 706. The number of rotatable bonds is 4. The first-order chi connectivity index (χ1) is 11.7. The fourth-order valence-electron chi connectivity index (χ4n) is 1.95. The highest BCUT2D eigenvalue weighted by Gasteiger charge is 1.99. The van der Waals surface area contributed by atoms with E-state index in [1.165, 1.54) is 0 Å². The summed E-state index contributed by atoms with van der Waals surface area (Å²) in [6.45, 7) is 0. The van der Waals surface area contributed by atoms with Crippen LogP contribution in [0.15, 0.2) is 84.9 Å². The quantitative estimate of drug-likeness (QED) is 0.567. The smallest absolute Gasteiger partial charge is 0.335 e. The predicted octanol–water partition coefficient (Wildman–Crippen LogP) is 5.71. The maximum atomic E-state index is 10.4. The van der Waals surface area contributed by atoms with Crippen molar-refractivity contribution in [3.05, 3.63) is 96.1 Å². The first-order valence-electron chi connectivity index (χ1n) is 7.44. The molecule has 0 bridgehead atoms. The molecule has 0 saturated heterocycles. The SMILES string of the molecule is O=C(O)c1ccc(CBr)cc1.c1ccc(Nc2ccccc2)cc1. The van der Waals surface area contributed by atoms with Crippen LogP contribution in [0.3, 0.4) is 0 Å². The highest BCUT2D eigenvalue weighted by Crippen LogP contribution is 2.14. The van der Waals surface area contributed by atoms with E-state index >= 15 is 0 Å². The molecule has 3 aromatic carbocycles. The van der Waals surface area contributed by atoms with Crippen LogP contribution in [0, 0.1) is 0 Å². The number of nitrogens with one attached hydrogen (secondary N) is 1. The second kappa shape index (κ2) is 9.53. The number of carboxylic acid groups (broad SMARTS) is 1. The molecule has 4 heteroatoms. The van der Waals surface area contributed by atoms with E-state index in [0.717, 1.165) is 22.3 Å². The highest BCUT2D eigenvalue weighted by molar-refractivity contribution is 9.08. The number of alkyl halides is 1. The van der Waals surface area contributed by atoms with Crippen LogP contribution in [-0.4, -0.2) is 11.1 Å². The summed E-state index contributed by atoms with van der Waals surface area (Å²) in [5.41, 5.74) is 3.65. The molecule has 0 spiro atoms. The van der Waals surface area contributed by atoms with Gasteiger partial charge in [-0.2, -0.15) is 0 Å². The molecule has 24 heavy (non-hydrogen) atoms. The second-order valence-electron chi connectivity index (χ2n) is 4.99. The molecule has 0 amide bonds. The highest BCUT2D eigenvalue weighted by atomic mass is 79.9. The zero-order valence-electron chi connectivity index (χ0n) is 13.0. The Morgan fingerprint density at radius 2 is 1.25 bits per heavy atom. The average molecular weight is 384 g/mol. The van der Waals surface area contributed by atoms with Gasteiger partial charge in [-0.05, 0) is 42.0 Å². The molecule has 0 aliphatic carbocycles. The minimum Gasteiger partial charge on any atom is -0.478 e. The van der Waals surface area contributed by atoms with Crippen molar-refractivity contribution in [2.24, 2.45) is 0 Å². The van der Waals surface area contributed by atoms with Crippen LogP contribution in [-0.2, 0) is 5.33 Å². The van der Waals surface area contributed by atoms with Crippen molar-refractivity contribution in [1.82, 2.24) is 0 Å². The molecular formula is C20H18BrNO2. The lowest BCUT2D eigenvalue weighted by Gasteiger charge is -2.04. The summed E-state index contributed by atoms with van der Waals surface area (Å²) < 4.78 is 0. The number of hydrogen-bond donors (Lipinski definition) is 2. The van der Waals surface area contributed by atoms with Gasteiger partial charge < -0.3 is 10.4 Å². The molecule has 0 radical (unpaired) electrons. The van der Waals surface area contributed by atoms with Crippen molar-refractivity contribution in [2.45, 2.75) is 5.33 Å². The molecule has 0 fully saturated rings. The molecule has 3 aromatic rings. The molecule has 0 aliphatic rings. The third-order valence-corrected chi connectivity index (χ3v) is 3.84. The summed E-state index contributed by atoms with van der Waals surface area (Å²) in [6.07, 6.45) is 0. The Morgan fingerprint density at radius 1 is 0.792 bits per heavy atom. The Kier molecular flexibility index (Phi) is 7.05. The first kappa shape index (κ1) is 17.8. The van der Waals surface area contributed by atoms with Crippen molar-refractivity contribution in [3.8, 4) is 0 Å². The van der Waals surface area contributed by atoms with Gasteiger partial charge in [0.25, 0.3) is 0 Å². The van der Waals surface area contributed by atoms with Crippen LogP contribution in [0.1, 0.15) is 15.9 Å². The van der Waals surface area contributed by atoms with Crippen LogP contribution < -0.4 is 5.32 Å². The summed E-state index contributed by atoms with van der Waals surface area (Å²) in [7, 11) is 0. The molecule has 3 rings (SSSR count). The van der Waals surface area contributed by atoms with E-state index in [1.807, 2.05) is 60.7 Å². The third-order valence-electron chi connectivity index (χ3n) is 3.19. The average Bonchev–Trinajstić information content (AvgIpc) is 2.64. The molecule has 0 atom stereocenters. The molecule has 2 N–H and O–H groups in total. The summed E-state index contributed by atoms with van der Waals surface area (Å²) in [5.74, 6) is -0.883. The van der Waals surface area contributed by atoms with Gasteiger partial charge in [-0.25, -0.2) is 4.79 Å². The molecule has 0 saturated carbocycles. The van der Waals surface area contributed by atoms with E-state index in [1.54, 1.807) is 24.3 Å². The van der Waals surface area contributed by atoms with Gasteiger partial charge in [0.15, 0.2) is 0 Å². The Morgan fingerprint density at radius 3 is 1.62 bits per heavy atom. The largest absolute Gasteiger partial charge is 0.478 e. The number of halogens is 1. The molecule has 3 nitrogen and oxygen atoms in total. The number of carbonyl (C=O) groups is 1. The second-order valence-corrected chi connectivity index (χ2v) is 5.55. The maximum Gasteiger partial charge on any atom is 0.335 e. The number of benzene rings is 3. The van der Waals surface area contributed by atoms with Gasteiger partial charge >= 0.3 is 5.97 Å². The van der Waals surface area contributed by atoms with Crippen LogP contribution in [0.25, 0.3) is 0 Å². The van der Waals surface area contributed by atoms with Gasteiger partial charge in [-0.3, -0.25) is 0 Å². The lowest BCUT2D eigenvalue weighted by molar-refractivity contribution is 0.0697. The first-order valence-corrected chi connectivity index (χ1v) is 8.56. The minimum absolute atomic E-state index is 0.328. The molecule has 0 aliphatic heterocycles. The lowest BCUT2D eigenvalue weighted by atomic mass is 10.2. The zero-order chi connectivity index (χ0) is 17.2. The normalized spacial score (nSPS) is 9.54. The zero-order valence-corrected chi connectivity index (χ0v) is 14.6. The molecular weight excluding hydrogens is 366 g/mol. The number of para-hydroxylation sites is 2. The van der Waals surface area contributed by atoms with Crippen molar-refractivity contribution in [3.63, 3.8) is 0 Å². The predicted molar refractivity (Wildman–Crippen MR) is 102 cm³/mol. The number of aromatic carboxylic acids is 1. The van der Waals surface area contributed by atoms with Crippen LogP contribution in [0.5, 0.6) is 0 Å². The van der Waals surface area contributed by atoms with Gasteiger partial charge in [-0.1, -0.05) is 64.5 Å². The summed E-state index contributed by atoms with van der Waals surface area (Å²) in [6, 6.07) is 27.1. The lowest BCUT2D eigenvalue weighted by Crippen LogP contribution is -1.95. The van der Waals surface area contributed by atoms with Gasteiger partial charge in [0.2, 0.25) is 0 Å². The molecule has 122 valence electrons. The van der Waals surface area contributed by atoms with Gasteiger partial charge in [0.05, 0.1) is 5.56 Å². The van der Waals surface area contributed by atoms with Crippen molar-refractivity contribution in [1.29, 1.82) is 0 Å². The molecule has 0 unspecified atom stereocenters. The molecule has 0 aromatic heterocycles. The fraction of sp³-hybridized carbons (Fsp3) is 0.0500. The van der Waals surface area contributed by atoms with E-state index in [4.69, 9.17) is 5.11 Å². The standard InChI is InChI=1S/C12H11N.C8H7BrO2/c1-3-7-11(8-4-1)13-12-9-5-2-6-10-12;9-5-6-1-3-7(4-2-6)8(10)11/h1-10,13H;1-4H,5H2,(H,10,11). The van der Waals surface area contributed by atoms with Crippen molar-refractivity contribution in [2.75, 3.05) is 5.32 Å². The monoisotopic (exact) mass is 383 g/mol. The van der Waals surface area contributed by atoms with Crippen LogP contribution in [0.4, 0.5) is 11.4 Å². The van der Waals surface area contributed by atoms with Gasteiger partial charge in [-0.15, -0.1) is 0 Å². The summed E-state index contributed by atoms with van der Waals surface area (Å²) in [5, 5.41) is 12.6. The summed E-state index contributed by atoms with van der Waals surface area (Å²) in [4.78, 5) is 10.4. The van der Waals surface area contributed by atoms with Gasteiger partial charge in [0, 0.05) is 16.7 Å². The fourth-order valence-corrected chi connectivity index (χ4v) is 2.32. The Labute approximate surface area is 150 Å². The van der Waals surface area contributed by atoms with Crippen molar-refractivity contribution < 1.29 is 9.90 Å². The van der Waals surface area contributed by atoms with E-state index in [-0.39, 0.29) is 0 Å². The van der Waals surface area contributed by atoms with Crippen molar-refractivity contribution >= 4 is 33.3 Å². The number of carboxylic acids is 1. The number of anilines is 2. The van der Waals surface area contributed by atoms with E-state index in [0.29, 0.717) is 5.56 Å². The van der Waals surface area contributed by atoms with E-state index < -0.39 is 5.97 Å². The Balaban J connectivity index is 0.000000177.